The van der Waals surface area contributed by atoms with Crippen LogP contribution in [0.25, 0.3) is 0 Å². The Balaban J connectivity index is 0. The lowest BCUT2D eigenvalue weighted by Gasteiger charge is -1.72. The molecule has 0 aliphatic rings. The molecule has 0 spiro atoms. The number of hydrogen-bond donors (Lipinski definition) is 1. The SMILES string of the molecule is Cl.NC/C=C/CCl. The lowest BCUT2D eigenvalue weighted by Crippen LogP contribution is -1.91. The lowest BCUT2D eigenvalue weighted by molar-refractivity contribution is 1.25. The van der Waals surface area contributed by atoms with Gasteiger partial charge in [-0.25, -0.2) is 0 Å². The van der Waals surface area contributed by atoms with Crippen molar-refractivity contribution >= 4 is 24.0 Å². The van der Waals surface area contributed by atoms with Crippen LogP contribution in [0.4, 0.5) is 0 Å². The van der Waals surface area contributed by atoms with Gasteiger partial charge in [0, 0.05) is 12.4 Å². The number of halogens is 2. The largest absolute Gasteiger partial charge is 0.327 e. The van der Waals surface area contributed by atoms with Crippen molar-refractivity contribution in [3.05, 3.63) is 12.2 Å². The fourth-order valence-corrected chi connectivity index (χ4v) is 0.285. The Bertz CT molecular complexity index is 39.0. The summed E-state index contributed by atoms with van der Waals surface area (Å²) in [4.78, 5) is 0. The molecule has 0 aromatic heterocycles. The molecule has 0 heterocycles. The van der Waals surface area contributed by atoms with Crippen molar-refractivity contribution < 1.29 is 0 Å². The van der Waals surface area contributed by atoms with E-state index in [-0.39, 0.29) is 12.4 Å². The Morgan fingerprint density at radius 2 is 2.00 bits per heavy atom. The summed E-state index contributed by atoms with van der Waals surface area (Å²) >= 11 is 5.24. The molecule has 7 heavy (non-hydrogen) atoms. The van der Waals surface area contributed by atoms with E-state index in [2.05, 4.69) is 0 Å². The van der Waals surface area contributed by atoms with Gasteiger partial charge < -0.3 is 5.73 Å². The van der Waals surface area contributed by atoms with Gasteiger partial charge >= 0.3 is 0 Å². The third kappa shape index (κ3) is 10.7. The van der Waals surface area contributed by atoms with Crippen LogP contribution in [0.15, 0.2) is 12.2 Å². The van der Waals surface area contributed by atoms with Crippen LogP contribution >= 0.6 is 24.0 Å². The molecule has 0 radical (unpaired) electrons. The van der Waals surface area contributed by atoms with Gasteiger partial charge in [0.1, 0.15) is 0 Å². The number of nitrogens with two attached hydrogens (primary N) is 1. The second-order valence-corrected chi connectivity index (χ2v) is 1.17. The summed E-state index contributed by atoms with van der Waals surface area (Å²) in [5.74, 6) is 0.567. The Labute approximate surface area is 54.9 Å². The monoisotopic (exact) mass is 141 g/mol. The minimum Gasteiger partial charge on any atom is -0.327 e. The predicted molar refractivity (Wildman–Crippen MR) is 36.2 cm³/mol. The Morgan fingerprint density at radius 1 is 1.43 bits per heavy atom. The fraction of sp³-hybridized carbons (Fsp3) is 0.500. The average Bonchev–Trinajstić information content (AvgIpc) is 1.61. The molecule has 0 saturated heterocycles. The fourth-order valence-electron chi connectivity index (χ4n) is 0.159. The summed E-state index contributed by atoms with van der Waals surface area (Å²) < 4.78 is 0. The van der Waals surface area contributed by atoms with Crippen LogP contribution < -0.4 is 5.73 Å². The van der Waals surface area contributed by atoms with E-state index >= 15 is 0 Å². The van der Waals surface area contributed by atoms with Crippen LogP contribution in [-0.4, -0.2) is 12.4 Å². The number of rotatable bonds is 2. The van der Waals surface area contributed by atoms with Crippen molar-refractivity contribution in [2.75, 3.05) is 12.4 Å². The topological polar surface area (TPSA) is 26.0 Å². The van der Waals surface area contributed by atoms with Crippen molar-refractivity contribution in [2.45, 2.75) is 0 Å². The first-order valence-corrected chi connectivity index (χ1v) is 2.36. The van der Waals surface area contributed by atoms with Crippen molar-refractivity contribution in [1.82, 2.24) is 0 Å². The zero-order chi connectivity index (χ0) is 4.83. The van der Waals surface area contributed by atoms with E-state index in [0.29, 0.717) is 12.4 Å². The molecule has 0 atom stereocenters. The van der Waals surface area contributed by atoms with E-state index < -0.39 is 0 Å². The molecule has 2 N–H and O–H groups in total. The van der Waals surface area contributed by atoms with Gasteiger partial charge in [-0.3, -0.25) is 0 Å². The molecule has 0 aromatic carbocycles. The minimum absolute atomic E-state index is 0. The normalized spacial score (nSPS) is 8.86. The first kappa shape index (κ1) is 10.3. The number of hydrogen-bond acceptors (Lipinski definition) is 1. The van der Waals surface area contributed by atoms with Crippen LogP contribution in [0, 0.1) is 0 Å². The Kier molecular flexibility index (Phi) is 14.1. The van der Waals surface area contributed by atoms with Crippen molar-refractivity contribution in [3.63, 3.8) is 0 Å². The molecule has 0 fully saturated rings. The van der Waals surface area contributed by atoms with Gasteiger partial charge in [-0.1, -0.05) is 12.2 Å². The molecule has 3 heteroatoms. The van der Waals surface area contributed by atoms with E-state index in [1.165, 1.54) is 0 Å². The number of allylic oxidation sites excluding steroid dienone is 1. The second-order valence-electron chi connectivity index (χ2n) is 0.861. The smallest absolute Gasteiger partial charge is 0.0404 e. The first-order chi connectivity index (χ1) is 2.91. The molecule has 0 unspecified atom stereocenters. The van der Waals surface area contributed by atoms with E-state index in [4.69, 9.17) is 17.3 Å². The summed E-state index contributed by atoms with van der Waals surface area (Å²) in [5, 5.41) is 0. The molecular weight excluding hydrogens is 133 g/mol. The third-order valence-electron chi connectivity index (χ3n) is 0.392. The van der Waals surface area contributed by atoms with Crippen molar-refractivity contribution in [1.29, 1.82) is 0 Å². The molecule has 0 rings (SSSR count). The number of alkyl halides is 1. The lowest BCUT2D eigenvalue weighted by atomic mass is 10.5. The first-order valence-electron chi connectivity index (χ1n) is 1.83. The van der Waals surface area contributed by atoms with Crippen molar-refractivity contribution in [2.24, 2.45) is 5.73 Å². The summed E-state index contributed by atoms with van der Waals surface area (Å²) in [7, 11) is 0. The van der Waals surface area contributed by atoms with Gasteiger partial charge in [0.15, 0.2) is 0 Å². The average molecular weight is 142 g/mol. The molecule has 44 valence electrons. The van der Waals surface area contributed by atoms with Crippen LogP contribution in [0.1, 0.15) is 0 Å². The summed E-state index contributed by atoms with van der Waals surface area (Å²) in [6.07, 6.45) is 3.65. The highest BCUT2D eigenvalue weighted by Gasteiger charge is 1.61. The molecule has 0 aromatic rings. The van der Waals surface area contributed by atoms with Crippen LogP contribution in [0.2, 0.25) is 0 Å². The molecule has 0 saturated carbocycles. The van der Waals surface area contributed by atoms with Crippen molar-refractivity contribution in [3.8, 4) is 0 Å². The standard InChI is InChI=1S/C4H8ClN.ClH/c5-3-1-2-4-6;/h1-2H,3-4,6H2;1H/b2-1+;. The maximum atomic E-state index is 5.24. The Hall–Kier alpha value is 0.280. The van der Waals surface area contributed by atoms with Crippen LogP contribution in [0.5, 0.6) is 0 Å². The van der Waals surface area contributed by atoms with Crippen LogP contribution in [-0.2, 0) is 0 Å². The van der Waals surface area contributed by atoms with E-state index in [1.54, 1.807) is 0 Å². The maximum Gasteiger partial charge on any atom is 0.0404 e. The molecule has 0 aliphatic heterocycles. The van der Waals surface area contributed by atoms with Gasteiger partial charge in [0.25, 0.3) is 0 Å². The van der Waals surface area contributed by atoms with Gasteiger partial charge in [-0.2, -0.15) is 0 Å². The van der Waals surface area contributed by atoms with Gasteiger partial charge in [-0.05, 0) is 0 Å². The minimum atomic E-state index is 0. The predicted octanol–water partition coefficient (Wildman–Crippen LogP) is 1.16. The molecule has 0 bridgehead atoms. The summed E-state index contributed by atoms with van der Waals surface area (Å²) in [5.41, 5.74) is 5.07. The summed E-state index contributed by atoms with van der Waals surface area (Å²) in [6, 6.07) is 0. The highest BCUT2D eigenvalue weighted by molar-refractivity contribution is 6.18. The van der Waals surface area contributed by atoms with Gasteiger partial charge in [0.2, 0.25) is 0 Å². The van der Waals surface area contributed by atoms with Gasteiger partial charge in [-0.15, -0.1) is 24.0 Å². The van der Waals surface area contributed by atoms with E-state index in [0.717, 1.165) is 0 Å². The highest BCUT2D eigenvalue weighted by Crippen LogP contribution is 1.73. The third-order valence-corrected chi connectivity index (χ3v) is 0.570. The zero-order valence-corrected chi connectivity index (χ0v) is 5.50. The Morgan fingerprint density at radius 3 is 2.14 bits per heavy atom. The highest BCUT2D eigenvalue weighted by atomic mass is 35.5. The summed E-state index contributed by atoms with van der Waals surface area (Å²) in [6.45, 7) is 0.590. The van der Waals surface area contributed by atoms with Crippen LogP contribution in [0.3, 0.4) is 0 Å². The maximum absolute atomic E-state index is 5.24. The van der Waals surface area contributed by atoms with E-state index in [1.807, 2.05) is 12.2 Å². The molecule has 1 nitrogen and oxygen atoms in total. The second kappa shape index (κ2) is 9.56. The molecule has 0 aliphatic carbocycles. The molecular formula is C4H9Cl2N. The van der Waals surface area contributed by atoms with Gasteiger partial charge in [0.05, 0.1) is 0 Å². The quantitative estimate of drug-likeness (QED) is 0.454. The molecule has 0 amide bonds. The van der Waals surface area contributed by atoms with E-state index in [9.17, 15) is 0 Å². The zero-order valence-electron chi connectivity index (χ0n) is 3.93.